The van der Waals surface area contributed by atoms with Crippen LogP contribution in [0.5, 0.6) is 0 Å². The Morgan fingerprint density at radius 3 is 3.00 bits per heavy atom. The van der Waals surface area contributed by atoms with E-state index in [1.165, 1.54) is 12.8 Å². The monoisotopic (exact) mass is 261 g/mol. The first-order chi connectivity index (χ1) is 9.24. The van der Waals surface area contributed by atoms with Crippen LogP contribution >= 0.6 is 0 Å². The fourth-order valence-corrected chi connectivity index (χ4v) is 2.67. The quantitative estimate of drug-likeness (QED) is 0.902. The predicted molar refractivity (Wildman–Crippen MR) is 69.5 cm³/mol. The maximum atomic E-state index is 6.14. The van der Waals surface area contributed by atoms with Crippen molar-refractivity contribution >= 4 is 0 Å². The van der Waals surface area contributed by atoms with E-state index in [9.17, 15) is 0 Å². The molecule has 6 heteroatoms. The Balaban J connectivity index is 1.74. The summed E-state index contributed by atoms with van der Waals surface area (Å²) >= 11 is 0. The lowest BCUT2D eigenvalue weighted by Gasteiger charge is -2.25. The number of rotatable bonds is 3. The summed E-state index contributed by atoms with van der Waals surface area (Å²) < 4.78 is 7.35. The molecule has 2 aromatic heterocycles. The normalized spacial score (nSPS) is 23.7. The fourth-order valence-electron chi connectivity index (χ4n) is 2.67. The second-order valence-electron chi connectivity index (χ2n) is 5.28. The zero-order chi connectivity index (χ0) is 13.2. The van der Waals surface area contributed by atoms with Gasteiger partial charge in [0, 0.05) is 25.0 Å². The molecule has 1 saturated carbocycles. The number of aromatic nitrogens is 4. The number of hydrogen-bond acceptors (Lipinski definition) is 5. The van der Waals surface area contributed by atoms with Crippen LogP contribution in [-0.4, -0.2) is 25.7 Å². The Morgan fingerprint density at radius 2 is 2.26 bits per heavy atom. The molecule has 2 N–H and O–H groups in total. The number of aryl methyl sites for hydroxylation is 1. The summed E-state index contributed by atoms with van der Waals surface area (Å²) in [5, 5.41) is 4.06. The molecule has 2 heterocycles. The van der Waals surface area contributed by atoms with Gasteiger partial charge in [-0.2, -0.15) is 4.98 Å². The van der Waals surface area contributed by atoms with Crippen molar-refractivity contribution in [1.29, 1.82) is 0 Å². The zero-order valence-electron chi connectivity index (χ0n) is 11.1. The van der Waals surface area contributed by atoms with Gasteiger partial charge in [-0.15, -0.1) is 0 Å². The van der Waals surface area contributed by atoms with Gasteiger partial charge in [0.1, 0.15) is 0 Å². The summed E-state index contributed by atoms with van der Waals surface area (Å²) in [6.07, 6.45) is 8.72. The molecule has 2 atom stereocenters. The summed E-state index contributed by atoms with van der Waals surface area (Å²) in [5.41, 5.74) is 7.21. The molecule has 0 aliphatic heterocycles. The second kappa shape index (κ2) is 5.13. The molecule has 2 aromatic rings. The minimum absolute atomic E-state index is 0.152. The summed E-state index contributed by atoms with van der Waals surface area (Å²) in [5.74, 6) is 1.63. The lowest BCUT2D eigenvalue weighted by molar-refractivity contribution is 0.289. The van der Waals surface area contributed by atoms with E-state index in [1.54, 1.807) is 6.33 Å². The molecule has 1 aliphatic carbocycles. The first kappa shape index (κ1) is 12.3. The molecule has 0 amide bonds. The molecule has 0 unspecified atom stereocenters. The van der Waals surface area contributed by atoms with E-state index in [-0.39, 0.29) is 12.0 Å². The van der Waals surface area contributed by atoms with Crippen molar-refractivity contribution in [1.82, 2.24) is 19.7 Å². The first-order valence-corrected chi connectivity index (χ1v) is 6.77. The molecule has 102 valence electrons. The van der Waals surface area contributed by atoms with Crippen LogP contribution in [0.4, 0.5) is 0 Å². The van der Waals surface area contributed by atoms with Gasteiger partial charge in [-0.1, -0.05) is 18.0 Å². The van der Waals surface area contributed by atoms with Gasteiger partial charge >= 0.3 is 0 Å². The molecule has 0 aromatic carbocycles. The van der Waals surface area contributed by atoms with Gasteiger partial charge < -0.3 is 14.8 Å². The van der Waals surface area contributed by atoms with Gasteiger partial charge in [-0.05, 0) is 12.8 Å². The molecule has 3 rings (SSSR count). The van der Waals surface area contributed by atoms with Crippen LogP contribution in [0, 0.1) is 0 Å². The maximum absolute atomic E-state index is 6.14. The lowest BCUT2D eigenvalue weighted by Crippen LogP contribution is -2.31. The SMILES string of the molecule is Cn1cncc1Cc1noc([C@@H]2CCCC[C@@H]2N)n1. The largest absolute Gasteiger partial charge is 0.339 e. The fraction of sp³-hybridized carbons (Fsp3) is 0.615. The number of nitrogens with zero attached hydrogens (tertiary/aromatic N) is 4. The van der Waals surface area contributed by atoms with Crippen LogP contribution < -0.4 is 5.73 Å². The summed E-state index contributed by atoms with van der Waals surface area (Å²) in [6.45, 7) is 0. The summed E-state index contributed by atoms with van der Waals surface area (Å²) in [4.78, 5) is 8.58. The van der Waals surface area contributed by atoms with E-state index >= 15 is 0 Å². The molecule has 0 radical (unpaired) electrons. The third-order valence-electron chi connectivity index (χ3n) is 3.88. The Bertz CT molecular complexity index is 547. The standard InChI is InChI=1S/C13H19N5O/c1-18-8-15-7-9(18)6-12-16-13(19-17-12)10-4-2-3-5-11(10)14/h7-8,10-11H,2-6,14H2,1H3/t10-,11+/m1/s1. The van der Waals surface area contributed by atoms with E-state index in [0.29, 0.717) is 18.1 Å². The highest BCUT2D eigenvalue weighted by molar-refractivity contribution is 5.08. The minimum Gasteiger partial charge on any atom is -0.339 e. The van der Waals surface area contributed by atoms with E-state index in [2.05, 4.69) is 15.1 Å². The van der Waals surface area contributed by atoms with Crippen LogP contribution in [0.1, 0.15) is 49.0 Å². The Hall–Kier alpha value is -1.69. The minimum atomic E-state index is 0.152. The van der Waals surface area contributed by atoms with E-state index < -0.39 is 0 Å². The molecule has 0 spiro atoms. The van der Waals surface area contributed by atoms with Crippen molar-refractivity contribution in [3.05, 3.63) is 29.9 Å². The lowest BCUT2D eigenvalue weighted by atomic mass is 9.85. The van der Waals surface area contributed by atoms with Crippen molar-refractivity contribution in [3.63, 3.8) is 0 Å². The molecule has 0 bridgehead atoms. The highest BCUT2D eigenvalue weighted by Gasteiger charge is 2.28. The van der Waals surface area contributed by atoms with Gasteiger partial charge in [0.25, 0.3) is 0 Å². The third-order valence-corrected chi connectivity index (χ3v) is 3.88. The Kier molecular flexibility index (Phi) is 3.33. The molecule has 1 fully saturated rings. The van der Waals surface area contributed by atoms with Crippen LogP contribution in [0.15, 0.2) is 17.0 Å². The van der Waals surface area contributed by atoms with Crippen molar-refractivity contribution in [2.45, 2.75) is 44.1 Å². The topological polar surface area (TPSA) is 82.8 Å². The van der Waals surface area contributed by atoms with Crippen molar-refractivity contribution in [2.75, 3.05) is 0 Å². The average Bonchev–Trinajstić information content (AvgIpc) is 3.01. The average molecular weight is 261 g/mol. The van der Waals surface area contributed by atoms with Crippen molar-refractivity contribution in [3.8, 4) is 0 Å². The van der Waals surface area contributed by atoms with E-state index in [4.69, 9.17) is 10.3 Å². The maximum Gasteiger partial charge on any atom is 0.231 e. The summed E-state index contributed by atoms with van der Waals surface area (Å²) in [6, 6.07) is 0.152. The zero-order valence-corrected chi connectivity index (χ0v) is 11.1. The van der Waals surface area contributed by atoms with Gasteiger partial charge in [0.05, 0.1) is 18.7 Å². The number of imidazole rings is 1. The predicted octanol–water partition coefficient (Wildman–Crippen LogP) is 1.38. The third kappa shape index (κ3) is 2.53. The van der Waals surface area contributed by atoms with Crippen LogP contribution in [0.25, 0.3) is 0 Å². The number of nitrogens with two attached hydrogens (primary N) is 1. The molecular formula is C13H19N5O. The summed E-state index contributed by atoms with van der Waals surface area (Å²) in [7, 11) is 1.96. The van der Waals surface area contributed by atoms with E-state index in [0.717, 1.165) is 18.5 Å². The smallest absolute Gasteiger partial charge is 0.231 e. The Morgan fingerprint density at radius 1 is 1.42 bits per heavy atom. The highest BCUT2D eigenvalue weighted by Crippen LogP contribution is 2.30. The van der Waals surface area contributed by atoms with Crippen LogP contribution in [0.2, 0.25) is 0 Å². The molecular weight excluding hydrogens is 242 g/mol. The van der Waals surface area contributed by atoms with E-state index in [1.807, 2.05) is 17.8 Å². The van der Waals surface area contributed by atoms with Crippen LogP contribution in [-0.2, 0) is 13.5 Å². The van der Waals surface area contributed by atoms with Gasteiger partial charge in [-0.25, -0.2) is 4.98 Å². The second-order valence-corrected chi connectivity index (χ2v) is 5.28. The van der Waals surface area contributed by atoms with Gasteiger partial charge in [0.15, 0.2) is 5.82 Å². The molecule has 1 aliphatic rings. The van der Waals surface area contributed by atoms with Gasteiger partial charge in [-0.3, -0.25) is 0 Å². The van der Waals surface area contributed by atoms with Gasteiger partial charge in [0.2, 0.25) is 5.89 Å². The first-order valence-electron chi connectivity index (χ1n) is 6.77. The molecule has 0 saturated heterocycles. The van der Waals surface area contributed by atoms with Crippen molar-refractivity contribution < 1.29 is 4.52 Å². The highest BCUT2D eigenvalue weighted by atomic mass is 16.5. The Labute approximate surface area is 112 Å². The number of hydrogen-bond donors (Lipinski definition) is 1. The molecule has 6 nitrogen and oxygen atoms in total. The molecule has 19 heavy (non-hydrogen) atoms. The van der Waals surface area contributed by atoms with Crippen LogP contribution in [0.3, 0.4) is 0 Å². The van der Waals surface area contributed by atoms with Crippen molar-refractivity contribution in [2.24, 2.45) is 12.8 Å².